The molecule has 0 spiro atoms. The minimum absolute atomic E-state index is 0.126. The minimum Gasteiger partial charge on any atom is -0.492 e. The molecule has 0 radical (unpaired) electrons. The fourth-order valence-electron chi connectivity index (χ4n) is 1.63. The van der Waals surface area contributed by atoms with Gasteiger partial charge in [-0.05, 0) is 19.5 Å². The van der Waals surface area contributed by atoms with Crippen LogP contribution in [-0.2, 0) is 0 Å². The lowest BCUT2D eigenvalue weighted by atomic mass is 10.1. The van der Waals surface area contributed by atoms with Gasteiger partial charge in [0.25, 0.3) is 0 Å². The summed E-state index contributed by atoms with van der Waals surface area (Å²) in [6.07, 6.45) is 5.67. The Kier molecular flexibility index (Phi) is 5.51. The molecule has 0 saturated heterocycles. The molecule has 1 aromatic carbocycles. The molecule has 0 aliphatic carbocycles. The van der Waals surface area contributed by atoms with Gasteiger partial charge in [0, 0.05) is 24.1 Å². The Morgan fingerprint density at radius 3 is 2.94 bits per heavy atom. The quantitative estimate of drug-likeness (QED) is 0.604. The topological polar surface area (TPSA) is 21.3 Å². The Labute approximate surface area is 102 Å². The third-order valence-electron chi connectivity index (χ3n) is 2.46. The maximum atomic E-state index is 13.2. The Morgan fingerprint density at radius 1 is 1.53 bits per heavy atom. The monoisotopic (exact) mass is 235 g/mol. The largest absolute Gasteiger partial charge is 0.492 e. The first-order chi connectivity index (χ1) is 8.19. The average molecular weight is 235 g/mol. The van der Waals surface area contributed by atoms with Gasteiger partial charge >= 0.3 is 0 Å². The second-order valence-electron chi connectivity index (χ2n) is 3.76. The Bertz CT molecular complexity index is 398. The Morgan fingerprint density at radius 2 is 2.29 bits per heavy atom. The van der Waals surface area contributed by atoms with E-state index in [1.54, 1.807) is 6.07 Å². The molecule has 2 nitrogen and oxygen atoms in total. The van der Waals surface area contributed by atoms with Gasteiger partial charge in [-0.2, -0.15) is 0 Å². The van der Waals surface area contributed by atoms with E-state index in [9.17, 15) is 4.39 Å². The molecule has 0 saturated carbocycles. The number of nitrogens with one attached hydrogen (secondary N) is 1. The molecule has 0 heterocycles. The molecule has 0 fully saturated rings. The summed E-state index contributed by atoms with van der Waals surface area (Å²) in [6, 6.07) is 4.71. The second kappa shape index (κ2) is 6.93. The van der Waals surface area contributed by atoms with Crippen LogP contribution in [0.2, 0.25) is 0 Å². The molecule has 1 atom stereocenters. The van der Waals surface area contributed by atoms with Gasteiger partial charge in [-0.3, -0.25) is 0 Å². The highest BCUT2D eigenvalue weighted by atomic mass is 19.1. The van der Waals surface area contributed by atoms with E-state index in [2.05, 4.69) is 11.2 Å². The zero-order valence-corrected chi connectivity index (χ0v) is 10.3. The highest BCUT2D eigenvalue weighted by molar-refractivity contribution is 5.36. The fourth-order valence-corrected chi connectivity index (χ4v) is 1.63. The Hall–Kier alpha value is -1.53. The first-order valence-electron chi connectivity index (χ1n) is 5.78. The molecule has 1 rings (SSSR count). The summed E-state index contributed by atoms with van der Waals surface area (Å²) in [4.78, 5) is 0. The SMILES string of the molecule is C#CCCOc1cc(F)ccc1C(C)NCC. The van der Waals surface area contributed by atoms with Crippen LogP contribution in [0.4, 0.5) is 4.39 Å². The van der Waals surface area contributed by atoms with Gasteiger partial charge in [0.1, 0.15) is 11.6 Å². The summed E-state index contributed by atoms with van der Waals surface area (Å²) in [6.45, 7) is 5.30. The van der Waals surface area contributed by atoms with E-state index >= 15 is 0 Å². The number of terminal acetylenes is 1. The van der Waals surface area contributed by atoms with Crippen molar-refractivity contribution in [2.75, 3.05) is 13.2 Å². The molecule has 0 bridgehead atoms. The predicted molar refractivity (Wildman–Crippen MR) is 67.4 cm³/mol. The normalized spacial score (nSPS) is 11.9. The number of halogens is 1. The molecule has 0 aromatic heterocycles. The maximum absolute atomic E-state index is 13.2. The summed E-state index contributed by atoms with van der Waals surface area (Å²) in [5, 5.41) is 3.27. The lowest BCUT2D eigenvalue weighted by Gasteiger charge is -2.17. The summed E-state index contributed by atoms with van der Waals surface area (Å²) in [5.74, 6) is 2.76. The molecule has 0 amide bonds. The van der Waals surface area contributed by atoms with Crippen molar-refractivity contribution in [1.29, 1.82) is 0 Å². The van der Waals surface area contributed by atoms with Crippen molar-refractivity contribution in [3.63, 3.8) is 0 Å². The van der Waals surface area contributed by atoms with Crippen molar-refractivity contribution >= 4 is 0 Å². The number of rotatable bonds is 6. The average Bonchev–Trinajstić information content (AvgIpc) is 2.30. The molecule has 1 N–H and O–H groups in total. The Balaban J connectivity index is 2.84. The maximum Gasteiger partial charge on any atom is 0.127 e. The van der Waals surface area contributed by atoms with Gasteiger partial charge in [0.15, 0.2) is 0 Å². The molecule has 1 aromatic rings. The fraction of sp³-hybridized carbons (Fsp3) is 0.429. The van der Waals surface area contributed by atoms with Crippen LogP contribution in [0, 0.1) is 18.2 Å². The van der Waals surface area contributed by atoms with Crippen LogP contribution in [0.1, 0.15) is 31.9 Å². The summed E-state index contributed by atoms with van der Waals surface area (Å²) < 4.78 is 18.7. The van der Waals surface area contributed by atoms with E-state index in [0.29, 0.717) is 18.8 Å². The molecule has 1 unspecified atom stereocenters. The van der Waals surface area contributed by atoms with Crippen molar-refractivity contribution in [3.05, 3.63) is 29.6 Å². The van der Waals surface area contributed by atoms with Crippen molar-refractivity contribution in [2.24, 2.45) is 0 Å². The first-order valence-corrected chi connectivity index (χ1v) is 5.78. The smallest absolute Gasteiger partial charge is 0.127 e. The van der Waals surface area contributed by atoms with E-state index in [0.717, 1.165) is 12.1 Å². The van der Waals surface area contributed by atoms with Gasteiger partial charge in [-0.15, -0.1) is 12.3 Å². The number of ether oxygens (including phenoxy) is 1. The van der Waals surface area contributed by atoms with Gasteiger partial charge in [0.2, 0.25) is 0 Å². The van der Waals surface area contributed by atoms with Crippen molar-refractivity contribution in [2.45, 2.75) is 26.3 Å². The third-order valence-corrected chi connectivity index (χ3v) is 2.46. The number of benzene rings is 1. The van der Waals surface area contributed by atoms with Crippen molar-refractivity contribution in [1.82, 2.24) is 5.32 Å². The van der Waals surface area contributed by atoms with Gasteiger partial charge < -0.3 is 10.1 Å². The first kappa shape index (κ1) is 13.5. The van der Waals surface area contributed by atoms with E-state index in [4.69, 9.17) is 11.2 Å². The van der Waals surface area contributed by atoms with Crippen LogP contribution in [0.25, 0.3) is 0 Å². The molecule has 0 aliphatic rings. The van der Waals surface area contributed by atoms with E-state index in [1.807, 2.05) is 13.8 Å². The third kappa shape index (κ3) is 4.08. The number of hydrogen-bond acceptors (Lipinski definition) is 2. The van der Waals surface area contributed by atoms with E-state index in [1.165, 1.54) is 12.1 Å². The molecular formula is C14H18FNO. The molecule has 3 heteroatoms. The highest BCUT2D eigenvalue weighted by Gasteiger charge is 2.11. The van der Waals surface area contributed by atoms with Crippen LogP contribution >= 0.6 is 0 Å². The van der Waals surface area contributed by atoms with Crippen molar-refractivity contribution in [3.8, 4) is 18.1 Å². The highest BCUT2D eigenvalue weighted by Crippen LogP contribution is 2.26. The lowest BCUT2D eigenvalue weighted by Crippen LogP contribution is -2.18. The molecule has 0 aliphatic heterocycles. The zero-order chi connectivity index (χ0) is 12.7. The molecular weight excluding hydrogens is 217 g/mol. The van der Waals surface area contributed by atoms with Gasteiger partial charge in [-0.25, -0.2) is 4.39 Å². The standard InChI is InChI=1S/C14H18FNO/c1-4-6-9-17-14-10-12(15)7-8-13(14)11(3)16-5-2/h1,7-8,10-11,16H,5-6,9H2,2-3H3. The lowest BCUT2D eigenvalue weighted by molar-refractivity contribution is 0.318. The number of hydrogen-bond donors (Lipinski definition) is 1. The van der Waals surface area contributed by atoms with Gasteiger partial charge in [-0.1, -0.05) is 13.0 Å². The van der Waals surface area contributed by atoms with Crippen LogP contribution in [0.3, 0.4) is 0 Å². The van der Waals surface area contributed by atoms with E-state index in [-0.39, 0.29) is 11.9 Å². The van der Waals surface area contributed by atoms with Crippen molar-refractivity contribution < 1.29 is 9.13 Å². The van der Waals surface area contributed by atoms with Crippen LogP contribution in [-0.4, -0.2) is 13.2 Å². The minimum atomic E-state index is -0.298. The molecule has 17 heavy (non-hydrogen) atoms. The predicted octanol–water partition coefficient (Wildman–Crippen LogP) is 2.90. The van der Waals surface area contributed by atoms with Crippen LogP contribution in [0.15, 0.2) is 18.2 Å². The second-order valence-corrected chi connectivity index (χ2v) is 3.76. The summed E-state index contributed by atoms with van der Waals surface area (Å²) >= 11 is 0. The van der Waals surface area contributed by atoms with E-state index < -0.39 is 0 Å². The zero-order valence-electron chi connectivity index (χ0n) is 10.3. The van der Waals surface area contributed by atoms with Gasteiger partial charge in [0.05, 0.1) is 6.61 Å². The summed E-state index contributed by atoms with van der Waals surface area (Å²) in [7, 11) is 0. The molecule has 92 valence electrons. The van der Waals surface area contributed by atoms with Crippen LogP contribution in [0.5, 0.6) is 5.75 Å². The summed E-state index contributed by atoms with van der Waals surface area (Å²) in [5.41, 5.74) is 0.949. The van der Waals surface area contributed by atoms with Crippen LogP contribution < -0.4 is 10.1 Å².